The van der Waals surface area contributed by atoms with Crippen LogP contribution in [0, 0.1) is 0 Å². The van der Waals surface area contributed by atoms with E-state index in [0.29, 0.717) is 0 Å². The Morgan fingerprint density at radius 2 is 2.11 bits per heavy atom. The highest BCUT2D eigenvalue weighted by atomic mass is 19.1. The number of rotatable bonds is 9. The lowest BCUT2D eigenvalue weighted by atomic mass is 10.0. The van der Waals surface area contributed by atoms with E-state index in [9.17, 15) is 4.39 Å². The third kappa shape index (κ3) is 9.14. The SMILES string of the molecule is C=C/C=C(F)\C=C/CCNC(C)(C)CN(C)CC. The van der Waals surface area contributed by atoms with E-state index in [2.05, 4.69) is 44.6 Å². The monoisotopic (exact) mass is 254 g/mol. The molecule has 2 nitrogen and oxygen atoms in total. The largest absolute Gasteiger partial charge is 0.310 e. The van der Waals surface area contributed by atoms with Crippen LogP contribution >= 0.6 is 0 Å². The molecule has 0 bridgehead atoms. The van der Waals surface area contributed by atoms with E-state index in [1.54, 1.807) is 0 Å². The van der Waals surface area contributed by atoms with Crippen molar-refractivity contribution in [3.8, 4) is 0 Å². The topological polar surface area (TPSA) is 15.3 Å². The van der Waals surface area contributed by atoms with Crippen molar-refractivity contribution in [3.63, 3.8) is 0 Å². The maximum Gasteiger partial charge on any atom is 0.122 e. The fourth-order valence-corrected chi connectivity index (χ4v) is 1.70. The molecule has 0 fully saturated rings. The molecule has 1 N–H and O–H groups in total. The van der Waals surface area contributed by atoms with Crippen molar-refractivity contribution >= 4 is 0 Å². The Hall–Kier alpha value is -0.930. The molecule has 0 radical (unpaired) electrons. The lowest BCUT2D eigenvalue weighted by Gasteiger charge is -2.30. The molecule has 0 aliphatic rings. The number of nitrogens with zero attached hydrogens (tertiary/aromatic N) is 1. The van der Waals surface area contributed by atoms with Gasteiger partial charge in [-0.3, -0.25) is 0 Å². The highest BCUT2D eigenvalue weighted by molar-refractivity contribution is 5.16. The van der Waals surface area contributed by atoms with E-state index in [0.717, 1.165) is 26.1 Å². The summed E-state index contributed by atoms with van der Waals surface area (Å²) in [7, 11) is 2.11. The minimum absolute atomic E-state index is 0.0775. The van der Waals surface area contributed by atoms with Gasteiger partial charge in [0.05, 0.1) is 0 Å². The summed E-state index contributed by atoms with van der Waals surface area (Å²) in [5, 5.41) is 3.47. The van der Waals surface area contributed by atoms with Crippen molar-refractivity contribution in [1.82, 2.24) is 10.2 Å². The minimum Gasteiger partial charge on any atom is -0.310 e. The highest BCUT2D eigenvalue weighted by Gasteiger charge is 2.17. The number of hydrogen-bond donors (Lipinski definition) is 1. The number of hydrogen-bond acceptors (Lipinski definition) is 2. The van der Waals surface area contributed by atoms with Crippen LogP contribution in [0.15, 0.2) is 36.7 Å². The van der Waals surface area contributed by atoms with Crippen LogP contribution in [0.25, 0.3) is 0 Å². The summed E-state index contributed by atoms with van der Waals surface area (Å²) in [6, 6.07) is 0. The Morgan fingerprint density at radius 3 is 2.67 bits per heavy atom. The lowest BCUT2D eigenvalue weighted by molar-refractivity contribution is 0.245. The molecule has 0 saturated heterocycles. The summed E-state index contributed by atoms with van der Waals surface area (Å²) in [4.78, 5) is 2.27. The molecule has 0 rings (SSSR count). The van der Waals surface area contributed by atoms with Crippen LogP contribution in [0.5, 0.6) is 0 Å². The smallest absolute Gasteiger partial charge is 0.122 e. The first-order valence-electron chi connectivity index (χ1n) is 6.49. The first-order chi connectivity index (χ1) is 8.41. The standard InChI is InChI=1S/C15H27FN2/c1-6-10-14(16)11-8-9-12-17-15(3,4)13-18(5)7-2/h6,8,10-11,17H,1,7,9,12-13H2,2-5H3/b11-8-,14-10+. The first kappa shape index (κ1) is 17.1. The summed E-state index contributed by atoms with van der Waals surface area (Å²) in [6.07, 6.45) is 6.93. The Morgan fingerprint density at radius 1 is 1.44 bits per heavy atom. The third-order valence-corrected chi connectivity index (χ3v) is 2.67. The fraction of sp³-hybridized carbons (Fsp3) is 0.600. The van der Waals surface area contributed by atoms with Crippen molar-refractivity contribution in [2.45, 2.75) is 32.7 Å². The zero-order chi connectivity index (χ0) is 14.0. The molecule has 18 heavy (non-hydrogen) atoms. The van der Waals surface area contributed by atoms with Gasteiger partial charge in [0, 0.05) is 12.1 Å². The molecule has 0 aliphatic heterocycles. The summed E-state index contributed by atoms with van der Waals surface area (Å²) >= 11 is 0. The van der Waals surface area contributed by atoms with Gasteiger partial charge < -0.3 is 10.2 Å². The van der Waals surface area contributed by atoms with E-state index in [4.69, 9.17) is 0 Å². The average Bonchev–Trinajstić information content (AvgIpc) is 2.28. The molecule has 0 aromatic carbocycles. The Bertz CT molecular complexity index is 293. The number of nitrogens with one attached hydrogen (secondary N) is 1. The van der Waals surface area contributed by atoms with Crippen molar-refractivity contribution in [1.29, 1.82) is 0 Å². The van der Waals surface area contributed by atoms with E-state index in [-0.39, 0.29) is 11.4 Å². The van der Waals surface area contributed by atoms with Gasteiger partial charge in [0.25, 0.3) is 0 Å². The lowest BCUT2D eigenvalue weighted by Crippen LogP contribution is -2.48. The van der Waals surface area contributed by atoms with Crippen LogP contribution in [-0.4, -0.2) is 37.1 Å². The van der Waals surface area contributed by atoms with E-state index >= 15 is 0 Å². The number of likely N-dealkylation sites (N-methyl/N-ethyl adjacent to an activating group) is 1. The van der Waals surface area contributed by atoms with Crippen LogP contribution in [-0.2, 0) is 0 Å². The third-order valence-electron chi connectivity index (χ3n) is 2.67. The number of allylic oxidation sites excluding steroid dienone is 4. The molecular formula is C15H27FN2. The van der Waals surface area contributed by atoms with Gasteiger partial charge in [-0.05, 0) is 52.6 Å². The van der Waals surface area contributed by atoms with Crippen LogP contribution in [0.2, 0.25) is 0 Å². The Kier molecular flexibility index (Phi) is 8.59. The zero-order valence-electron chi connectivity index (χ0n) is 12.2. The molecule has 0 heterocycles. The molecule has 0 atom stereocenters. The van der Waals surface area contributed by atoms with Crippen molar-refractivity contribution in [2.75, 3.05) is 26.7 Å². The van der Waals surface area contributed by atoms with Gasteiger partial charge >= 0.3 is 0 Å². The van der Waals surface area contributed by atoms with Crippen molar-refractivity contribution in [3.05, 3.63) is 36.7 Å². The maximum absolute atomic E-state index is 13.0. The quantitative estimate of drug-likeness (QED) is 0.502. The average molecular weight is 254 g/mol. The van der Waals surface area contributed by atoms with Gasteiger partial charge in [0.1, 0.15) is 5.83 Å². The van der Waals surface area contributed by atoms with Gasteiger partial charge in [-0.25, -0.2) is 4.39 Å². The summed E-state index contributed by atoms with van der Waals surface area (Å²) in [5.74, 6) is -0.255. The predicted octanol–water partition coefficient (Wildman–Crippen LogP) is 3.29. The van der Waals surface area contributed by atoms with Gasteiger partial charge in [-0.15, -0.1) is 0 Å². The summed E-state index contributed by atoms with van der Waals surface area (Å²) in [6.45, 7) is 12.8. The minimum atomic E-state index is -0.255. The van der Waals surface area contributed by atoms with Crippen LogP contribution in [0.1, 0.15) is 27.2 Å². The molecule has 0 aromatic heterocycles. The molecule has 0 saturated carbocycles. The molecule has 0 aromatic rings. The fourth-order valence-electron chi connectivity index (χ4n) is 1.70. The van der Waals surface area contributed by atoms with E-state index in [1.807, 2.05) is 6.08 Å². The molecule has 0 spiro atoms. The molecule has 104 valence electrons. The molecule has 0 unspecified atom stereocenters. The predicted molar refractivity (Wildman–Crippen MR) is 78.4 cm³/mol. The van der Waals surface area contributed by atoms with Crippen LogP contribution in [0.3, 0.4) is 0 Å². The Labute approximate surface area is 111 Å². The van der Waals surface area contributed by atoms with Gasteiger partial charge in [-0.2, -0.15) is 0 Å². The van der Waals surface area contributed by atoms with Crippen molar-refractivity contribution < 1.29 is 4.39 Å². The second kappa shape index (κ2) is 9.06. The van der Waals surface area contributed by atoms with Crippen LogP contribution < -0.4 is 5.32 Å². The second-order valence-electron chi connectivity index (χ2n) is 5.12. The first-order valence-corrected chi connectivity index (χ1v) is 6.49. The van der Waals surface area contributed by atoms with Gasteiger partial charge in [0.15, 0.2) is 0 Å². The van der Waals surface area contributed by atoms with E-state index in [1.165, 1.54) is 18.2 Å². The maximum atomic E-state index is 13.0. The van der Waals surface area contributed by atoms with E-state index < -0.39 is 0 Å². The van der Waals surface area contributed by atoms with Gasteiger partial charge in [-0.1, -0.05) is 25.7 Å². The van der Waals surface area contributed by atoms with Crippen molar-refractivity contribution in [2.24, 2.45) is 0 Å². The highest BCUT2D eigenvalue weighted by Crippen LogP contribution is 2.05. The normalized spacial score (nSPS) is 13.6. The van der Waals surface area contributed by atoms with Crippen LogP contribution in [0.4, 0.5) is 4.39 Å². The summed E-state index contributed by atoms with van der Waals surface area (Å²) < 4.78 is 13.0. The zero-order valence-corrected chi connectivity index (χ0v) is 12.2. The Balaban J connectivity index is 3.89. The molecule has 3 heteroatoms. The van der Waals surface area contributed by atoms with Gasteiger partial charge in [0.2, 0.25) is 0 Å². The molecule has 0 aliphatic carbocycles. The molecule has 0 amide bonds. The molecular weight excluding hydrogens is 227 g/mol. The number of halogens is 1. The summed E-state index contributed by atoms with van der Waals surface area (Å²) in [5.41, 5.74) is 0.0775. The second-order valence-corrected chi connectivity index (χ2v) is 5.12.